The second-order valence-corrected chi connectivity index (χ2v) is 10.4. The number of ether oxygens (including phenoxy) is 7. The first-order valence-electron chi connectivity index (χ1n) is 13.6. The molecule has 0 aromatic heterocycles. The summed E-state index contributed by atoms with van der Waals surface area (Å²) in [6, 6.07) is 10.9. The first-order valence-corrected chi connectivity index (χ1v) is 13.6. The zero-order chi connectivity index (χ0) is 29.6. The lowest BCUT2D eigenvalue weighted by Crippen LogP contribution is -2.36. The highest BCUT2D eigenvalue weighted by atomic mass is 16.8. The van der Waals surface area contributed by atoms with Crippen molar-refractivity contribution < 1.29 is 42.7 Å². The zero-order valence-corrected chi connectivity index (χ0v) is 24.4. The van der Waals surface area contributed by atoms with Crippen LogP contribution in [0.2, 0.25) is 0 Å². The predicted octanol–water partition coefficient (Wildman–Crippen LogP) is 5.50. The standard InChI is InChI=1S/C32H38O9/c1-20-9-7-11-26(38-19-21-13-15-23(35-4)16-14-21)29-27(40-32(2,3)41-29)12-8-10-22-17-24(36-5)18-25(30(33)37-6)28(22)31(34)39-20/h7-8,10-11,13-18,20,26-27,29H,9,12,19H2,1-6H3/b10-8+,11-7-/t20-,26?,27-,29+/m0/s1. The summed E-state index contributed by atoms with van der Waals surface area (Å²) in [7, 11) is 4.38. The number of hydrogen-bond acceptors (Lipinski definition) is 9. The molecule has 4 rings (SSSR count). The van der Waals surface area contributed by atoms with Crippen LogP contribution in [0.3, 0.4) is 0 Å². The molecule has 1 fully saturated rings. The monoisotopic (exact) mass is 566 g/mol. The second-order valence-electron chi connectivity index (χ2n) is 10.4. The van der Waals surface area contributed by atoms with Crippen molar-refractivity contribution >= 4 is 18.0 Å². The van der Waals surface area contributed by atoms with E-state index < -0.39 is 36.0 Å². The van der Waals surface area contributed by atoms with Crippen LogP contribution < -0.4 is 9.47 Å². The first kappa shape index (κ1) is 30.3. The number of cyclic esters (lactones) is 1. The summed E-state index contributed by atoms with van der Waals surface area (Å²) in [6.45, 7) is 5.90. The van der Waals surface area contributed by atoms with Crippen molar-refractivity contribution in [2.45, 2.75) is 70.4 Å². The lowest BCUT2D eigenvalue weighted by Gasteiger charge is -2.25. The molecule has 9 nitrogen and oxygen atoms in total. The molecule has 0 saturated carbocycles. The maximum Gasteiger partial charge on any atom is 0.339 e. The van der Waals surface area contributed by atoms with Crippen LogP contribution in [0.4, 0.5) is 0 Å². The summed E-state index contributed by atoms with van der Waals surface area (Å²) in [6.07, 6.45) is 6.72. The Hall–Kier alpha value is -3.66. The molecule has 2 aromatic rings. The minimum absolute atomic E-state index is 0.0674. The Bertz CT molecular complexity index is 1280. The molecule has 0 N–H and O–H groups in total. The van der Waals surface area contributed by atoms with Gasteiger partial charge in [-0.05, 0) is 62.6 Å². The van der Waals surface area contributed by atoms with E-state index in [1.807, 2.05) is 56.3 Å². The Kier molecular flexibility index (Phi) is 9.86. The van der Waals surface area contributed by atoms with Gasteiger partial charge in [-0.15, -0.1) is 0 Å². The number of fused-ring (bicyclic) bond motifs is 2. The molecular weight excluding hydrogens is 528 g/mol. The molecule has 4 atom stereocenters. The van der Waals surface area contributed by atoms with Crippen LogP contribution in [0.5, 0.6) is 11.5 Å². The molecule has 0 amide bonds. The highest BCUT2D eigenvalue weighted by Gasteiger charge is 2.44. The van der Waals surface area contributed by atoms with Crippen LogP contribution in [0, 0.1) is 0 Å². The van der Waals surface area contributed by atoms with E-state index in [1.54, 1.807) is 26.2 Å². The van der Waals surface area contributed by atoms with Gasteiger partial charge in [0, 0.05) is 6.42 Å². The van der Waals surface area contributed by atoms with Gasteiger partial charge in [0.05, 0.1) is 45.2 Å². The van der Waals surface area contributed by atoms with E-state index >= 15 is 0 Å². The molecule has 41 heavy (non-hydrogen) atoms. The van der Waals surface area contributed by atoms with Crippen LogP contribution in [0.15, 0.2) is 54.6 Å². The molecule has 0 spiro atoms. The van der Waals surface area contributed by atoms with Gasteiger partial charge in [-0.3, -0.25) is 0 Å². The average Bonchev–Trinajstić information content (AvgIpc) is 3.27. The van der Waals surface area contributed by atoms with Crippen LogP contribution in [0.1, 0.15) is 65.5 Å². The minimum atomic E-state index is -0.821. The lowest BCUT2D eigenvalue weighted by molar-refractivity contribution is -0.156. The van der Waals surface area contributed by atoms with Gasteiger partial charge in [0.2, 0.25) is 0 Å². The third-order valence-electron chi connectivity index (χ3n) is 6.90. The van der Waals surface area contributed by atoms with Gasteiger partial charge >= 0.3 is 11.9 Å². The minimum Gasteiger partial charge on any atom is -0.497 e. The third kappa shape index (κ3) is 7.55. The van der Waals surface area contributed by atoms with Gasteiger partial charge in [0.15, 0.2) is 5.79 Å². The van der Waals surface area contributed by atoms with Crippen molar-refractivity contribution in [3.63, 3.8) is 0 Å². The molecule has 2 aliphatic heterocycles. The number of carbonyl (C=O) groups excluding carboxylic acids is 2. The number of rotatable bonds is 6. The van der Waals surface area contributed by atoms with Crippen LogP contribution in [-0.4, -0.2) is 63.5 Å². The van der Waals surface area contributed by atoms with Crippen LogP contribution in [0.25, 0.3) is 6.08 Å². The molecule has 2 aromatic carbocycles. The third-order valence-corrected chi connectivity index (χ3v) is 6.90. The summed E-state index contributed by atoms with van der Waals surface area (Å²) in [4.78, 5) is 26.0. The quantitative estimate of drug-likeness (QED) is 0.331. The number of esters is 2. The molecule has 1 unspecified atom stereocenters. The Morgan fingerprint density at radius 2 is 1.71 bits per heavy atom. The van der Waals surface area contributed by atoms with Crippen LogP contribution >= 0.6 is 0 Å². The van der Waals surface area contributed by atoms with Crippen molar-refractivity contribution in [3.8, 4) is 11.5 Å². The number of benzene rings is 2. The maximum atomic E-state index is 13.4. The Morgan fingerprint density at radius 1 is 0.976 bits per heavy atom. The van der Waals surface area contributed by atoms with Crippen molar-refractivity contribution in [1.82, 2.24) is 0 Å². The first-order chi connectivity index (χ1) is 19.6. The molecule has 0 aliphatic carbocycles. The van der Waals surface area contributed by atoms with E-state index in [0.29, 0.717) is 30.8 Å². The van der Waals surface area contributed by atoms with Crippen molar-refractivity contribution in [2.24, 2.45) is 0 Å². The van der Waals surface area contributed by atoms with Crippen molar-refractivity contribution in [2.75, 3.05) is 21.3 Å². The van der Waals surface area contributed by atoms with E-state index in [0.717, 1.165) is 11.3 Å². The van der Waals surface area contributed by atoms with E-state index in [-0.39, 0.29) is 17.2 Å². The van der Waals surface area contributed by atoms with Gasteiger partial charge < -0.3 is 33.2 Å². The highest BCUT2D eigenvalue weighted by molar-refractivity contribution is 6.06. The predicted molar refractivity (Wildman–Crippen MR) is 152 cm³/mol. The summed E-state index contributed by atoms with van der Waals surface area (Å²) in [5.74, 6) is -0.930. The Morgan fingerprint density at radius 3 is 2.39 bits per heavy atom. The zero-order valence-electron chi connectivity index (χ0n) is 24.4. The van der Waals surface area contributed by atoms with E-state index in [2.05, 4.69) is 0 Å². The fourth-order valence-corrected chi connectivity index (χ4v) is 4.91. The molecule has 9 heteroatoms. The van der Waals surface area contributed by atoms with Gasteiger partial charge in [-0.2, -0.15) is 0 Å². The topological polar surface area (TPSA) is 98.8 Å². The number of hydrogen-bond donors (Lipinski definition) is 0. The summed E-state index contributed by atoms with van der Waals surface area (Å²) in [5, 5.41) is 0. The summed E-state index contributed by atoms with van der Waals surface area (Å²) in [5.41, 5.74) is 1.64. The fraction of sp³-hybridized carbons (Fsp3) is 0.438. The van der Waals surface area contributed by atoms with Gasteiger partial charge in [-0.25, -0.2) is 9.59 Å². The average molecular weight is 567 g/mol. The molecule has 0 bridgehead atoms. The molecule has 0 radical (unpaired) electrons. The van der Waals surface area contributed by atoms with Gasteiger partial charge in [0.1, 0.15) is 29.8 Å². The van der Waals surface area contributed by atoms with E-state index in [9.17, 15) is 9.59 Å². The highest BCUT2D eigenvalue weighted by Crippen LogP contribution is 2.35. The molecular formula is C32H38O9. The normalized spacial score (nSPS) is 25.6. The van der Waals surface area contributed by atoms with Crippen LogP contribution in [-0.2, 0) is 30.3 Å². The number of carbonyl (C=O) groups is 2. The molecule has 220 valence electrons. The maximum absolute atomic E-state index is 13.4. The van der Waals surface area contributed by atoms with Gasteiger partial charge in [0.25, 0.3) is 0 Å². The second kappa shape index (κ2) is 13.3. The van der Waals surface area contributed by atoms with Crippen molar-refractivity contribution in [1.29, 1.82) is 0 Å². The number of methoxy groups -OCH3 is 3. The Balaban J connectivity index is 1.68. The summed E-state index contributed by atoms with van der Waals surface area (Å²) >= 11 is 0. The molecule has 1 saturated heterocycles. The van der Waals surface area contributed by atoms with E-state index in [4.69, 9.17) is 33.2 Å². The molecule has 2 heterocycles. The Labute approximate surface area is 241 Å². The van der Waals surface area contributed by atoms with E-state index in [1.165, 1.54) is 20.3 Å². The lowest BCUT2D eigenvalue weighted by atomic mass is 9.98. The van der Waals surface area contributed by atoms with Crippen molar-refractivity contribution in [3.05, 3.63) is 76.9 Å². The largest absolute Gasteiger partial charge is 0.497 e. The summed E-state index contributed by atoms with van der Waals surface area (Å²) < 4.78 is 40.4. The SMILES string of the molecule is COC(=O)c1cc(OC)cc2c1C(=O)O[C@@H](C)C/C=C\C(OCc1ccc(OC)cc1)[C@H]1OC(C)(C)O[C@H]1C/C=C/2. The van der Waals surface area contributed by atoms with Gasteiger partial charge in [-0.1, -0.05) is 36.4 Å². The molecule has 2 aliphatic rings. The fourth-order valence-electron chi connectivity index (χ4n) is 4.91. The smallest absolute Gasteiger partial charge is 0.339 e.